The van der Waals surface area contributed by atoms with Gasteiger partial charge < -0.3 is 9.64 Å². The fraction of sp³-hybridized carbons (Fsp3) is 0.200. The first-order valence-electron chi connectivity index (χ1n) is 7.64. The zero-order chi connectivity index (χ0) is 17.2. The summed E-state index contributed by atoms with van der Waals surface area (Å²) in [6, 6.07) is 24.1. The summed E-state index contributed by atoms with van der Waals surface area (Å²) < 4.78 is 5.49. The average Bonchev–Trinajstić information content (AvgIpc) is 2.91. The minimum Gasteiger partial charge on any atom is -0.482 e. The molecule has 0 N–H and O–H groups in total. The van der Waals surface area contributed by atoms with Crippen LogP contribution in [0.3, 0.4) is 0 Å². The number of methoxy groups -OCH3 is 1. The predicted octanol–water partition coefficient (Wildman–Crippen LogP) is 3.40. The SMILES string of the molecule is COC1=C(C#N)C(C#N)C(c2ccccc2)(c2ccccc2)N1C. The monoisotopic (exact) mass is 315 g/mol. The molecular weight excluding hydrogens is 298 g/mol. The quantitative estimate of drug-likeness (QED) is 0.871. The Morgan fingerprint density at radius 2 is 1.46 bits per heavy atom. The summed E-state index contributed by atoms with van der Waals surface area (Å²) >= 11 is 0. The molecule has 0 saturated heterocycles. The van der Waals surface area contributed by atoms with Crippen molar-refractivity contribution in [1.29, 1.82) is 10.5 Å². The number of hydrogen-bond donors (Lipinski definition) is 0. The van der Waals surface area contributed by atoms with Crippen molar-refractivity contribution in [3.05, 3.63) is 83.2 Å². The van der Waals surface area contributed by atoms with Gasteiger partial charge in [0.25, 0.3) is 0 Å². The van der Waals surface area contributed by atoms with Gasteiger partial charge in [0.05, 0.1) is 13.2 Å². The Morgan fingerprint density at radius 1 is 0.958 bits per heavy atom. The maximum absolute atomic E-state index is 9.94. The van der Waals surface area contributed by atoms with Crippen LogP contribution in [-0.2, 0) is 10.3 Å². The molecule has 0 fully saturated rings. The minimum atomic E-state index is -0.798. The summed E-state index contributed by atoms with van der Waals surface area (Å²) in [6.45, 7) is 0. The first-order valence-corrected chi connectivity index (χ1v) is 7.64. The molecule has 1 unspecified atom stereocenters. The van der Waals surface area contributed by atoms with Gasteiger partial charge in [-0.3, -0.25) is 0 Å². The summed E-state index contributed by atoms with van der Waals surface area (Å²) in [5.74, 6) is -0.219. The topological polar surface area (TPSA) is 60.0 Å². The lowest BCUT2D eigenvalue weighted by Crippen LogP contribution is -2.45. The zero-order valence-corrected chi connectivity index (χ0v) is 13.6. The second-order valence-electron chi connectivity index (χ2n) is 5.65. The van der Waals surface area contributed by atoms with Gasteiger partial charge >= 0.3 is 0 Å². The molecule has 4 nitrogen and oxygen atoms in total. The van der Waals surface area contributed by atoms with Crippen LogP contribution < -0.4 is 0 Å². The number of nitrogens with zero attached hydrogens (tertiary/aromatic N) is 3. The summed E-state index contributed by atoms with van der Waals surface area (Å²) in [7, 11) is 3.40. The lowest BCUT2D eigenvalue weighted by molar-refractivity contribution is 0.112. The van der Waals surface area contributed by atoms with Crippen LogP contribution in [-0.4, -0.2) is 19.1 Å². The molecule has 0 radical (unpaired) electrons. The van der Waals surface area contributed by atoms with E-state index in [2.05, 4.69) is 12.1 Å². The van der Waals surface area contributed by atoms with Crippen molar-refractivity contribution in [3.8, 4) is 12.1 Å². The molecule has 0 bridgehead atoms. The van der Waals surface area contributed by atoms with E-state index in [0.717, 1.165) is 11.1 Å². The van der Waals surface area contributed by atoms with Gasteiger partial charge in [-0.1, -0.05) is 60.7 Å². The second-order valence-corrected chi connectivity index (χ2v) is 5.65. The van der Waals surface area contributed by atoms with Gasteiger partial charge in [-0.05, 0) is 11.1 Å². The molecule has 3 rings (SSSR count). The number of nitriles is 2. The fourth-order valence-electron chi connectivity index (χ4n) is 3.66. The van der Waals surface area contributed by atoms with Crippen molar-refractivity contribution < 1.29 is 4.74 Å². The van der Waals surface area contributed by atoms with Crippen molar-refractivity contribution in [1.82, 2.24) is 4.90 Å². The van der Waals surface area contributed by atoms with E-state index in [1.807, 2.05) is 72.6 Å². The third kappa shape index (κ3) is 1.97. The minimum absolute atomic E-state index is 0.357. The number of hydrogen-bond acceptors (Lipinski definition) is 4. The largest absolute Gasteiger partial charge is 0.482 e. The maximum Gasteiger partial charge on any atom is 0.205 e. The molecule has 1 aliphatic heterocycles. The van der Waals surface area contributed by atoms with Crippen LogP contribution in [0, 0.1) is 28.6 Å². The highest BCUT2D eigenvalue weighted by atomic mass is 16.5. The summed E-state index contributed by atoms with van der Waals surface area (Å²) in [6.07, 6.45) is 0. The van der Waals surface area contributed by atoms with E-state index in [4.69, 9.17) is 4.74 Å². The number of rotatable bonds is 3. The molecule has 2 aromatic rings. The van der Waals surface area contributed by atoms with Gasteiger partial charge in [0.2, 0.25) is 5.88 Å². The Kier molecular flexibility index (Phi) is 3.98. The number of ether oxygens (including phenoxy) is 1. The third-order valence-electron chi connectivity index (χ3n) is 4.64. The maximum atomic E-state index is 9.94. The van der Waals surface area contributed by atoms with Gasteiger partial charge in [-0.25, -0.2) is 0 Å². The average molecular weight is 315 g/mol. The van der Waals surface area contributed by atoms with Crippen molar-refractivity contribution in [2.24, 2.45) is 5.92 Å². The lowest BCUT2D eigenvalue weighted by atomic mass is 9.72. The highest BCUT2D eigenvalue weighted by Gasteiger charge is 2.55. The zero-order valence-electron chi connectivity index (χ0n) is 13.6. The standard InChI is InChI=1S/C20H17N3O/c1-23-19(24-2)17(13-21)18(14-22)20(23,15-9-5-3-6-10-15)16-11-7-4-8-12-16/h3-12,18H,1-2H3. The highest BCUT2D eigenvalue weighted by molar-refractivity contribution is 5.52. The van der Waals surface area contributed by atoms with Crippen molar-refractivity contribution >= 4 is 0 Å². The van der Waals surface area contributed by atoms with Crippen LogP contribution in [0.4, 0.5) is 0 Å². The fourth-order valence-corrected chi connectivity index (χ4v) is 3.66. The molecule has 0 aromatic heterocycles. The highest BCUT2D eigenvalue weighted by Crippen LogP contribution is 2.51. The Balaban J connectivity index is 2.36. The molecule has 0 spiro atoms. The van der Waals surface area contributed by atoms with Crippen LogP contribution in [0.5, 0.6) is 0 Å². The Morgan fingerprint density at radius 3 is 1.83 bits per heavy atom. The van der Waals surface area contributed by atoms with Crippen LogP contribution >= 0.6 is 0 Å². The lowest BCUT2D eigenvalue weighted by Gasteiger charge is -2.41. The molecule has 1 heterocycles. The molecule has 24 heavy (non-hydrogen) atoms. The van der Waals surface area contributed by atoms with Gasteiger partial charge in [0.15, 0.2) is 0 Å². The van der Waals surface area contributed by atoms with E-state index in [1.165, 1.54) is 7.11 Å². The molecule has 2 aromatic carbocycles. The summed E-state index contributed by atoms with van der Waals surface area (Å²) in [5.41, 5.74) is 1.46. The first kappa shape index (κ1) is 15.6. The molecule has 4 heteroatoms. The van der Waals surface area contributed by atoms with Crippen LogP contribution in [0.25, 0.3) is 0 Å². The van der Waals surface area contributed by atoms with Gasteiger partial charge in [-0.15, -0.1) is 0 Å². The van der Waals surface area contributed by atoms with E-state index in [0.29, 0.717) is 11.5 Å². The molecule has 118 valence electrons. The Hall–Kier alpha value is -3.24. The van der Waals surface area contributed by atoms with Crippen LogP contribution in [0.1, 0.15) is 11.1 Å². The summed E-state index contributed by atoms with van der Waals surface area (Å²) in [4.78, 5) is 1.91. The van der Waals surface area contributed by atoms with E-state index in [9.17, 15) is 10.5 Å². The predicted molar refractivity (Wildman–Crippen MR) is 90.2 cm³/mol. The van der Waals surface area contributed by atoms with Crippen LogP contribution in [0.2, 0.25) is 0 Å². The van der Waals surface area contributed by atoms with Crippen molar-refractivity contribution in [2.45, 2.75) is 5.54 Å². The molecule has 0 amide bonds. The molecule has 1 aliphatic rings. The normalized spacial score (nSPS) is 18.8. The second kappa shape index (κ2) is 6.10. The molecular formula is C20H17N3O. The van der Waals surface area contributed by atoms with Crippen molar-refractivity contribution in [3.63, 3.8) is 0 Å². The summed E-state index contributed by atoms with van der Waals surface area (Å²) in [5, 5.41) is 19.6. The van der Waals surface area contributed by atoms with E-state index in [1.54, 1.807) is 0 Å². The van der Waals surface area contributed by atoms with Gasteiger partial charge in [0, 0.05) is 7.05 Å². The van der Waals surface area contributed by atoms with E-state index >= 15 is 0 Å². The smallest absolute Gasteiger partial charge is 0.205 e. The van der Waals surface area contributed by atoms with Crippen LogP contribution in [0.15, 0.2) is 72.1 Å². The van der Waals surface area contributed by atoms with E-state index in [-0.39, 0.29) is 0 Å². The Bertz CT molecular complexity index is 804. The first-order chi connectivity index (χ1) is 11.7. The van der Waals surface area contributed by atoms with Crippen molar-refractivity contribution in [2.75, 3.05) is 14.2 Å². The van der Waals surface area contributed by atoms with Gasteiger partial charge in [-0.2, -0.15) is 10.5 Å². The molecule has 0 saturated carbocycles. The molecule has 0 aliphatic carbocycles. The Labute approximate surface area is 141 Å². The van der Waals surface area contributed by atoms with Gasteiger partial charge in [0.1, 0.15) is 23.1 Å². The number of benzene rings is 2. The molecule has 1 atom stereocenters. The van der Waals surface area contributed by atoms with E-state index < -0.39 is 11.5 Å². The third-order valence-corrected chi connectivity index (χ3v) is 4.64.